The zero-order valence-corrected chi connectivity index (χ0v) is 19.0. The minimum atomic E-state index is -0.442. The molecule has 1 aromatic carbocycles. The molecule has 3 heterocycles. The summed E-state index contributed by atoms with van der Waals surface area (Å²) in [5.41, 5.74) is 2.94. The number of carbonyl (C=O) groups is 2. The van der Waals surface area contributed by atoms with E-state index in [0.717, 1.165) is 37.7 Å². The summed E-state index contributed by atoms with van der Waals surface area (Å²) in [7, 11) is 3.31. The molecule has 0 bridgehead atoms. The molecule has 1 aliphatic rings. The van der Waals surface area contributed by atoms with Crippen LogP contribution < -0.4 is 16.4 Å². The van der Waals surface area contributed by atoms with Crippen LogP contribution in [-0.2, 0) is 25.4 Å². The van der Waals surface area contributed by atoms with Gasteiger partial charge in [0, 0.05) is 26.6 Å². The molecule has 2 N–H and O–H groups in total. The molecule has 0 atom stereocenters. The molecule has 4 aromatic rings. The summed E-state index contributed by atoms with van der Waals surface area (Å²) in [6.45, 7) is 0.225. The maximum Gasteiger partial charge on any atom is 0.419 e. The first-order chi connectivity index (χ1) is 16.4. The SMILES string of the molecule is Cn1nc(NC(=O)C2CCCCC2)c2ncnc(C(=O)NCc3ccc4oc(=O)n(C)c4c3)c21. The predicted octanol–water partition coefficient (Wildman–Crippen LogP) is 2.26. The average Bonchev–Trinajstić information content (AvgIpc) is 3.33. The molecular formula is C23H25N7O4. The Morgan fingerprint density at radius 1 is 1.15 bits per heavy atom. The lowest BCUT2D eigenvalue weighted by Gasteiger charge is -2.20. The van der Waals surface area contributed by atoms with E-state index in [0.29, 0.717) is 28.0 Å². The molecule has 2 amide bonds. The topological polar surface area (TPSA) is 137 Å². The van der Waals surface area contributed by atoms with E-state index in [1.165, 1.54) is 15.6 Å². The number of hydrogen-bond donors (Lipinski definition) is 2. The fourth-order valence-electron chi connectivity index (χ4n) is 4.49. The number of aryl methyl sites for hydroxylation is 2. The van der Waals surface area contributed by atoms with Crippen molar-refractivity contribution in [2.75, 3.05) is 5.32 Å². The zero-order valence-electron chi connectivity index (χ0n) is 19.0. The van der Waals surface area contributed by atoms with Crippen molar-refractivity contribution in [2.45, 2.75) is 38.6 Å². The van der Waals surface area contributed by atoms with Crippen LogP contribution in [0.15, 0.2) is 33.7 Å². The molecule has 11 heteroatoms. The smallest absolute Gasteiger partial charge is 0.408 e. The van der Waals surface area contributed by atoms with E-state index in [4.69, 9.17) is 4.42 Å². The van der Waals surface area contributed by atoms with Crippen LogP contribution in [0, 0.1) is 5.92 Å². The number of nitrogens with zero attached hydrogens (tertiary/aromatic N) is 5. The van der Waals surface area contributed by atoms with Gasteiger partial charge in [-0.2, -0.15) is 5.10 Å². The Hall–Kier alpha value is -4.02. The quantitative estimate of drug-likeness (QED) is 0.463. The number of nitrogens with one attached hydrogen (secondary N) is 2. The van der Waals surface area contributed by atoms with Crippen LogP contribution in [0.5, 0.6) is 0 Å². The van der Waals surface area contributed by atoms with Crippen molar-refractivity contribution < 1.29 is 14.0 Å². The van der Waals surface area contributed by atoms with E-state index < -0.39 is 11.7 Å². The molecule has 0 saturated heterocycles. The largest absolute Gasteiger partial charge is 0.419 e. The summed E-state index contributed by atoms with van der Waals surface area (Å²) in [5, 5.41) is 10.1. The van der Waals surface area contributed by atoms with Gasteiger partial charge in [-0.1, -0.05) is 25.3 Å². The van der Waals surface area contributed by atoms with Crippen molar-refractivity contribution in [1.82, 2.24) is 29.6 Å². The maximum absolute atomic E-state index is 13.0. The summed E-state index contributed by atoms with van der Waals surface area (Å²) >= 11 is 0. The fourth-order valence-corrected chi connectivity index (χ4v) is 4.49. The lowest BCUT2D eigenvalue weighted by molar-refractivity contribution is -0.120. The van der Waals surface area contributed by atoms with Crippen LogP contribution in [-0.4, -0.2) is 36.1 Å². The first-order valence-corrected chi connectivity index (χ1v) is 11.3. The van der Waals surface area contributed by atoms with Crippen LogP contribution in [0.3, 0.4) is 0 Å². The van der Waals surface area contributed by atoms with Crippen molar-refractivity contribution in [2.24, 2.45) is 20.0 Å². The Labute approximate surface area is 194 Å². The Balaban J connectivity index is 1.36. The van der Waals surface area contributed by atoms with Crippen molar-refractivity contribution >= 4 is 39.8 Å². The fraction of sp³-hybridized carbons (Fsp3) is 0.391. The number of carbonyl (C=O) groups excluding carboxylic acids is 2. The third-order valence-electron chi connectivity index (χ3n) is 6.36. The van der Waals surface area contributed by atoms with Gasteiger partial charge in [0.15, 0.2) is 17.1 Å². The van der Waals surface area contributed by atoms with E-state index >= 15 is 0 Å². The number of aromatic nitrogens is 5. The Bertz CT molecular complexity index is 1460. The second-order valence-corrected chi connectivity index (χ2v) is 8.63. The lowest BCUT2D eigenvalue weighted by Crippen LogP contribution is -2.25. The molecule has 1 aliphatic carbocycles. The molecule has 176 valence electrons. The molecule has 0 aliphatic heterocycles. The first-order valence-electron chi connectivity index (χ1n) is 11.3. The van der Waals surface area contributed by atoms with Crippen LogP contribution in [0.25, 0.3) is 22.1 Å². The molecule has 11 nitrogen and oxygen atoms in total. The van der Waals surface area contributed by atoms with Crippen molar-refractivity contribution in [3.05, 3.63) is 46.3 Å². The predicted molar refractivity (Wildman–Crippen MR) is 124 cm³/mol. The average molecular weight is 463 g/mol. The minimum absolute atomic E-state index is 0.0255. The lowest BCUT2D eigenvalue weighted by atomic mass is 9.89. The van der Waals surface area contributed by atoms with E-state index in [1.807, 2.05) is 0 Å². The molecule has 34 heavy (non-hydrogen) atoms. The molecule has 0 unspecified atom stereocenters. The number of rotatable bonds is 5. The van der Waals surface area contributed by atoms with Crippen molar-refractivity contribution in [3.63, 3.8) is 0 Å². The highest BCUT2D eigenvalue weighted by atomic mass is 16.4. The second kappa shape index (κ2) is 8.73. The van der Waals surface area contributed by atoms with Crippen molar-refractivity contribution in [1.29, 1.82) is 0 Å². The van der Waals surface area contributed by atoms with Crippen LogP contribution in [0.2, 0.25) is 0 Å². The third kappa shape index (κ3) is 3.93. The molecule has 3 aromatic heterocycles. The highest BCUT2D eigenvalue weighted by molar-refractivity contribution is 6.07. The third-order valence-corrected chi connectivity index (χ3v) is 6.36. The van der Waals surface area contributed by atoms with Gasteiger partial charge in [-0.15, -0.1) is 0 Å². The van der Waals surface area contributed by atoms with Gasteiger partial charge >= 0.3 is 5.76 Å². The Morgan fingerprint density at radius 3 is 2.74 bits per heavy atom. The minimum Gasteiger partial charge on any atom is -0.408 e. The summed E-state index contributed by atoms with van der Waals surface area (Å²) < 4.78 is 8.06. The molecule has 1 saturated carbocycles. The summed E-state index contributed by atoms with van der Waals surface area (Å²) in [4.78, 5) is 45.8. The Morgan fingerprint density at radius 2 is 1.94 bits per heavy atom. The van der Waals surface area contributed by atoms with Crippen molar-refractivity contribution in [3.8, 4) is 0 Å². The zero-order chi connectivity index (χ0) is 23.8. The standard InChI is InChI=1S/C23H25N7O4/c1-29-15-10-13(8-9-16(15)34-23(29)33)11-24-22(32)18-19-17(25-12-26-18)20(28-30(19)2)27-21(31)14-6-4-3-5-7-14/h8-10,12,14H,3-7,11H2,1-2H3,(H,24,32)(H,27,28,31). The van der Waals surface area contributed by atoms with Gasteiger partial charge < -0.3 is 15.1 Å². The van der Waals surface area contributed by atoms with E-state index in [9.17, 15) is 14.4 Å². The van der Waals surface area contributed by atoms with E-state index in [2.05, 4.69) is 25.7 Å². The summed E-state index contributed by atoms with van der Waals surface area (Å²) in [6.07, 6.45) is 6.31. The molecular weight excluding hydrogens is 438 g/mol. The highest BCUT2D eigenvalue weighted by Crippen LogP contribution is 2.27. The molecule has 1 fully saturated rings. The summed E-state index contributed by atoms with van der Waals surface area (Å²) in [6, 6.07) is 5.27. The first kappa shape index (κ1) is 21.8. The molecule has 0 spiro atoms. The number of hydrogen-bond acceptors (Lipinski definition) is 7. The van der Waals surface area contributed by atoms with Gasteiger partial charge in [-0.05, 0) is 30.5 Å². The van der Waals surface area contributed by atoms with Gasteiger partial charge in [0.05, 0.1) is 5.52 Å². The molecule has 5 rings (SSSR count). The monoisotopic (exact) mass is 463 g/mol. The molecule has 0 radical (unpaired) electrons. The van der Waals surface area contributed by atoms with Gasteiger partial charge in [-0.3, -0.25) is 18.8 Å². The number of benzene rings is 1. The number of amides is 2. The Kier molecular flexibility index (Phi) is 5.60. The van der Waals surface area contributed by atoms with Gasteiger partial charge in [0.25, 0.3) is 5.91 Å². The van der Waals surface area contributed by atoms with Gasteiger partial charge in [-0.25, -0.2) is 14.8 Å². The van der Waals surface area contributed by atoms with Crippen LogP contribution in [0.4, 0.5) is 5.82 Å². The maximum atomic E-state index is 13.0. The van der Waals surface area contributed by atoms with Crippen LogP contribution in [0.1, 0.15) is 48.2 Å². The normalized spacial score (nSPS) is 14.5. The summed E-state index contributed by atoms with van der Waals surface area (Å²) in [5.74, 6) is -0.601. The van der Waals surface area contributed by atoms with E-state index in [-0.39, 0.29) is 24.1 Å². The van der Waals surface area contributed by atoms with Gasteiger partial charge in [0.1, 0.15) is 17.4 Å². The van der Waals surface area contributed by atoms with E-state index in [1.54, 1.807) is 32.3 Å². The number of oxazole rings is 1. The van der Waals surface area contributed by atoms with Gasteiger partial charge in [0.2, 0.25) is 5.91 Å². The number of anilines is 1. The highest BCUT2D eigenvalue weighted by Gasteiger charge is 2.25. The number of fused-ring (bicyclic) bond motifs is 2. The van der Waals surface area contributed by atoms with Crippen LogP contribution >= 0.6 is 0 Å². The second-order valence-electron chi connectivity index (χ2n) is 8.63.